The van der Waals surface area contributed by atoms with E-state index >= 15 is 0 Å². The summed E-state index contributed by atoms with van der Waals surface area (Å²) in [6, 6.07) is 0. The monoisotopic (exact) mass is 284 g/mol. The molecule has 2 aliphatic rings. The van der Waals surface area contributed by atoms with Gasteiger partial charge in [0.2, 0.25) is 0 Å². The van der Waals surface area contributed by atoms with Crippen LogP contribution in [0.5, 0.6) is 0 Å². The molecule has 1 N–H and O–H groups in total. The van der Waals surface area contributed by atoms with Crippen LogP contribution in [0.4, 0.5) is 0 Å². The normalized spacial score (nSPS) is 34.7. The molecule has 0 atom stereocenters. The molecule has 2 aliphatic carbocycles. The second-order valence-corrected chi connectivity index (χ2v) is 6.27. The molecular weight excluding hydrogens is 256 g/mol. The van der Waals surface area contributed by atoms with Crippen LogP contribution < -0.4 is 0 Å². The molecule has 0 bridgehead atoms. The fraction of sp³-hybridized carbons (Fsp3) is 0.938. The molecule has 0 aromatic heterocycles. The summed E-state index contributed by atoms with van der Waals surface area (Å²) in [6.45, 7) is 0.594. The Morgan fingerprint density at radius 3 is 2.05 bits per heavy atom. The number of ether oxygens (including phenoxy) is 2. The minimum Gasteiger partial charge on any atom is -0.469 e. The largest absolute Gasteiger partial charge is 0.469 e. The van der Waals surface area contributed by atoms with E-state index in [1.165, 1.54) is 32.8 Å². The van der Waals surface area contributed by atoms with Crippen molar-refractivity contribution in [2.45, 2.75) is 57.5 Å². The molecule has 2 fully saturated rings. The van der Waals surface area contributed by atoms with Gasteiger partial charge in [-0.3, -0.25) is 4.79 Å². The van der Waals surface area contributed by atoms with E-state index in [-0.39, 0.29) is 18.5 Å². The highest BCUT2D eigenvalue weighted by molar-refractivity contribution is 5.72. The number of aliphatic hydroxyl groups is 1. The van der Waals surface area contributed by atoms with Crippen LogP contribution in [0.15, 0.2) is 0 Å². The van der Waals surface area contributed by atoms with Crippen molar-refractivity contribution in [3.63, 3.8) is 0 Å². The Hall–Kier alpha value is -0.610. The van der Waals surface area contributed by atoms with Gasteiger partial charge in [0.15, 0.2) is 0 Å². The summed E-state index contributed by atoms with van der Waals surface area (Å²) in [5, 5.41) is 8.78. The Bertz CT molecular complexity index is 289. The van der Waals surface area contributed by atoms with Gasteiger partial charge in [0.1, 0.15) is 0 Å². The van der Waals surface area contributed by atoms with Gasteiger partial charge in [-0.15, -0.1) is 0 Å². The number of esters is 1. The van der Waals surface area contributed by atoms with E-state index in [1.54, 1.807) is 0 Å². The molecule has 0 aliphatic heterocycles. The molecule has 20 heavy (non-hydrogen) atoms. The number of hydrogen-bond donors (Lipinski definition) is 1. The first-order valence-corrected chi connectivity index (χ1v) is 8.05. The van der Waals surface area contributed by atoms with Crippen LogP contribution in [0.1, 0.15) is 51.4 Å². The van der Waals surface area contributed by atoms with Crippen LogP contribution in [0.25, 0.3) is 0 Å². The Kier molecular flexibility index (Phi) is 6.30. The number of methoxy groups -OCH3 is 1. The van der Waals surface area contributed by atoms with Gasteiger partial charge in [-0.1, -0.05) is 0 Å². The van der Waals surface area contributed by atoms with E-state index in [4.69, 9.17) is 14.6 Å². The lowest BCUT2D eigenvalue weighted by molar-refractivity contribution is -0.147. The van der Waals surface area contributed by atoms with Crippen molar-refractivity contribution >= 4 is 5.97 Å². The van der Waals surface area contributed by atoms with Crippen molar-refractivity contribution in [2.75, 3.05) is 20.3 Å². The molecule has 0 heterocycles. The summed E-state index contributed by atoms with van der Waals surface area (Å²) >= 11 is 0. The third kappa shape index (κ3) is 4.19. The summed E-state index contributed by atoms with van der Waals surface area (Å²) in [4.78, 5) is 11.5. The molecule has 116 valence electrons. The number of carbonyl (C=O) groups excluding carboxylic acids is 1. The van der Waals surface area contributed by atoms with Gasteiger partial charge >= 0.3 is 5.97 Å². The van der Waals surface area contributed by atoms with Gasteiger partial charge in [0.05, 0.1) is 32.3 Å². The maximum absolute atomic E-state index is 11.5. The van der Waals surface area contributed by atoms with E-state index in [0.717, 1.165) is 37.5 Å². The number of hydrogen-bond acceptors (Lipinski definition) is 4. The van der Waals surface area contributed by atoms with E-state index in [1.807, 2.05) is 0 Å². The number of carbonyl (C=O) groups is 1. The van der Waals surface area contributed by atoms with Gasteiger partial charge in [0, 0.05) is 0 Å². The second kappa shape index (κ2) is 7.99. The average molecular weight is 284 g/mol. The van der Waals surface area contributed by atoms with Gasteiger partial charge in [0.25, 0.3) is 0 Å². The second-order valence-electron chi connectivity index (χ2n) is 6.27. The van der Waals surface area contributed by atoms with Crippen LogP contribution in [0.3, 0.4) is 0 Å². The first kappa shape index (κ1) is 15.8. The maximum atomic E-state index is 11.5. The van der Waals surface area contributed by atoms with E-state index < -0.39 is 0 Å². The maximum Gasteiger partial charge on any atom is 0.308 e. The van der Waals surface area contributed by atoms with Gasteiger partial charge in [-0.2, -0.15) is 0 Å². The summed E-state index contributed by atoms with van der Waals surface area (Å²) in [6.07, 6.45) is 9.43. The lowest BCUT2D eigenvalue weighted by atomic mass is 9.70. The Balaban J connectivity index is 1.69. The third-order valence-electron chi connectivity index (χ3n) is 5.14. The molecule has 2 rings (SSSR count). The highest BCUT2D eigenvalue weighted by Gasteiger charge is 2.33. The van der Waals surface area contributed by atoms with Crippen molar-refractivity contribution in [1.82, 2.24) is 0 Å². The van der Waals surface area contributed by atoms with Crippen LogP contribution in [0, 0.1) is 17.8 Å². The van der Waals surface area contributed by atoms with E-state index in [0.29, 0.717) is 12.7 Å². The molecule has 2 saturated carbocycles. The SMILES string of the molecule is COC(=O)C1CCC(C2CCC(OCCO)CC2)CC1. The average Bonchev–Trinajstić information content (AvgIpc) is 2.53. The minimum absolute atomic E-state index is 0.0236. The van der Waals surface area contributed by atoms with E-state index in [2.05, 4.69) is 0 Å². The van der Waals surface area contributed by atoms with Crippen LogP contribution in [0.2, 0.25) is 0 Å². The highest BCUT2D eigenvalue weighted by Crippen LogP contribution is 2.40. The topological polar surface area (TPSA) is 55.8 Å². The van der Waals surface area contributed by atoms with Crippen molar-refractivity contribution < 1.29 is 19.4 Å². The van der Waals surface area contributed by atoms with Crippen LogP contribution in [-0.4, -0.2) is 37.5 Å². The fourth-order valence-electron chi connectivity index (χ4n) is 3.94. The number of rotatable bonds is 5. The van der Waals surface area contributed by atoms with Gasteiger partial charge in [-0.05, 0) is 63.2 Å². The third-order valence-corrected chi connectivity index (χ3v) is 5.14. The van der Waals surface area contributed by atoms with Crippen molar-refractivity contribution in [1.29, 1.82) is 0 Å². The molecule has 0 unspecified atom stereocenters. The predicted molar refractivity (Wildman–Crippen MR) is 76.2 cm³/mol. The summed E-state index contributed by atoms with van der Waals surface area (Å²) in [5.74, 6) is 1.71. The predicted octanol–water partition coefficient (Wildman–Crippen LogP) is 2.53. The standard InChI is InChI=1S/C16H28O4/c1-19-16(18)14-4-2-12(3-5-14)13-6-8-15(9-7-13)20-11-10-17/h12-15,17H,2-11H2,1H3. The van der Waals surface area contributed by atoms with E-state index in [9.17, 15) is 4.79 Å². The van der Waals surface area contributed by atoms with Gasteiger partial charge in [-0.25, -0.2) is 0 Å². The molecule has 0 aromatic rings. The minimum atomic E-state index is -0.0236. The zero-order valence-corrected chi connectivity index (χ0v) is 12.6. The summed E-state index contributed by atoms with van der Waals surface area (Å²) in [7, 11) is 1.49. The first-order chi connectivity index (χ1) is 9.74. The molecule has 0 aromatic carbocycles. The fourth-order valence-corrected chi connectivity index (χ4v) is 3.94. The Labute approximate surface area is 121 Å². The molecule has 4 heteroatoms. The molecule has 0 saturated heterocycles. The molecular formula is C16H28O4. The first-order valence-electron chi connectivity index (χ1n) is 8.05. The molecule has 0 amide bonds. The molecule has 0 radical (unpaired) electrons. The zero-order valence-electron chi connectivity index (χ0n) is 12.6. The molecule has 4 nitrogen and oxygen atoms in total. The molecule has 0 spiro atoms. The highest BCUT2D eigenvalue weighted by atomic mass is 16.5. The Morgan fingerprint density at radius 1 is 1.00 bits per heavy atom. The summed E-state index contributed by atoms with van der Waals surface area (Å²) in [5.41, 5.74) is 0. The van der Waals surface area contributed by atoms with Crippen molar-refractivity contribution in [2.24, 2.45) is 17.8 Å². The lowest BCUT2D eigenvalue weighted by Gasteiger charge is -2.37. The van der Waals surface area contributed by atoms with Crippen LogP contribution >= 0.6 is 0 Å². The summed E-state index contributed by atoms with van der Waals surface area (Å²) < 4.78 is 10.5. The van der Waals surface area contributed by atoms with Crippen LogP contribution in [-0.2, 0) is 14.3 Å². The van der Waals surface area contributed by atoms with Crippen molar-refractivity contribution in [3.8, 4) is 0 Å². The number of aliphatic hydroxyl groups excluding tert-OH is 1. The lowest BCUT2D eigenvalue weighted by Crippen LogP contribution is -2.30. The van der Waals surface area contributed by atoms with Crippen molar-refractivity contribution in [3.05, 3.63) is 0 Å². The smallest absolute Gasteiger partial charge is 0.308 e. The zero-order chi connectivity index (χ0) is 14.4. The quantitative estimate of drug-likeness (QED) is 0.788. The Morgan fingerprint density at radius 2 is 1.55 bits per heavy atom. The van der Waals surface area contributed by atoms with Gasteiger partial charge < -0.3 is 14.6 Å².